The average molecular weight is 310 g/mol. The van der Waals surface area contributed by atoms with E-state index in [1.165, 1.54) is 16.0 Å². The monoisotopic (exact) mass is 309 g/mol. The Hall–Kier alpha value is -1.16. The molecule has 0 spiro atoms. The lowest BCUT2D eigenvalue weighted by Gasteiger charge is -2.07. The quantitative estimate of drug-likeness (QED) is 0.811. The Balaban J connectivity index is 0.00000200. The molecule has 0 radical (unpaired) electrons. The van der Waals surface area contributed by atoms with Crippen LogP contribution in [0.1, 0.15) is 11.1 Å². The van der Waals surface area contributed by atoms with Gasteiger partial charge in [-0.2, -0.15) is 0 Å². The SMILES string of the molecule is COc1ccc(CNCc2ccc(SC)cc2)cc1.Cl. The van der Waals surface area contributed by atoms with Crippen LogP contribution in [0.25, 0.3) is 0 Å². The molecule has 4 heteroatoms. The average Bonchev–Trinajstić information content (AvgIpc) is 2.49. The predicted octanol–water partition coefficient (Wildman–Crippen LogP) is 4.13. The highest BCUT2D eigenvalue weighted by molar-refractivity contribution is 7.98. The zero-order valence-electron chi connectivity index (χ0n) is 11.8. The van der Waals surface area contributed by atoms with Crippen LogP contribution in [0.15, 0.2) is 53.4 Å². The van der Waals surface area contributed by atoms with Crippen molar-refractivity contribution in [3.8, 4) is 5.75 Å². The van der Waals surface area contributed by atoms with Crippen LogP contribution in [0.2, 0.25) is 0 Å². The summed E-state index contributed by atoms with van der Waals surface area (Å²) in [5.74, 6) is 0.899. The number of hydrogen-bond donors (Lipinski definition) is 1. The third-order valence-corrected chi connectivity index (χ3v) is 3.72. The molecular weight excluding hydrogens is 290 g/mol. The van der Waals surface area contributed by atoms with Crippen molar-refractivity contribution in [3.63, 3.8) is 0 Å². The van der Waals surface area contributed by atoms with Gasteiger partial charge in [-0.3, -0.25) is 0 Å². The molecule has 2 aromatic rings. The van der Waals surface area contributed by atoms with Crippen LogP contribution in [0.4, 0.5) is 0 Å². The normalized spacial score (nSPS) is 9.90. The molecule has 0 saturated heterocycles. The van der Waals surface area contributed by atoms with Crippen molar-refractivity contribution in [2.24, 2.45) is 0 Å². The molecule has 0 aromatic heterocycles. The molecular formula is C16H20ClNOS. The van der Waals surface area contributed by atoms with Crippen LogP contribution < -0.4 is 10.1 Å². The standard InChI is InChI=1S/C16H19NOS.ClH/c1-18-15-7-3-13(4-8-15)11-17-12-14-5-9-16(19-2)10-6-14;/h3-10,17H,11-12H2,1-2H3;1H. The van der Waals surface area contributed by atoms with Gasteiger partial charge in [-0.05, 0) is 41.6 Å². The topological polar surface area (TPSA) is 21.3 Å². The van der Waals surface area contributed by atoms with Crippen molar-refractivity contribution in [2.75, 3.05) is 13.4 Å². The van der Waals surface area contributed by atoms with E-state index >= 15 is 0 Å². The molecule has 0 aliphatic heterocycles. The van der Waals surface area contributed by atoms with Crippen molar-refractivity contribution in [1.82, 2.24) is 5.32 Å². The Bertz CT molecular complexity index is 451. The fraction of sp³-hybridized carbons (Fsp3) is 0.250. The molecule has 20 heavy (non-hydrogen) atoms. The summed E-state index contributed by atoms with van der Waals surface area (Å²) in [5.41, 5.74) is 2.58. The summed E-state index contributed by atoms with van der Waals surface area (Å²) in [4.78, 5) is 1.30. The lowest BCUT2D eigenvalue weighted by molar-refractivity contribution is 0.414. The van der Waals surface area contributed by atoms with Crippen LogP contribution >= 0.6 is 24.2 Å². The molecule has 0 atom stereocenters. The van der Waals surface area contributed by atoms with Gasteiger partial charge < -0.3 is 10.1 Å². The van der Waals surface area contributed by atoms with Gasteiger partial charge in [-0.15, -0.1) is 24.2 Å². The third-order valence-electron chi connectivity index (χ3n) is 2.98. The summed E-state index contributed by atoms with van der Waals surface area (Å²) in [6.45, 7) is 1.76. The first-order valence-electron chi connectivity index (χ1n) is 6.28. The minimum Gasteiger partial charge on any atom is -0.497 e. The predicted molar refractivity (Wildman–Crippen MR) is 89.0 cm³/mol. The smallest absolute Gasteiger partial charge is 0.118 e. The van der Waals surface area contributed by atoms with E-state index in [0.29, 0.717) is 0 Å². The Kier molecular flexibility index (Phi) is 7.52. The molecule has 2 rings (SSSR count). The van der Waals surface area contributed by atoms with Crippen LogP contribution in [-0.2, 0) is 13.1 Å². The van der Waals surface area contributed by atoms with Gasteiger partial charge in [0, 0.05) is 18.0 Å². The molecule has 0 fully saturated rings. The van der Waals surface area contributed by atoms with E-state index in [-0.39, 0.29) is 12.4 Å². The van der Waals surface area contributed by atoms with E-state index in [0.717, 1.165) is 18.8 Å². The Morgan fingerprint density at radius 1 is 0.900 bits per heavy atom. The number of benzene rings is 2. The van der Waals surface area contributed by atoms with Gasteiger partial charge in [-0.25, -0.2) is 0 Å². The highest BCUT2D eigenvalue weighted by Gasteiger charge is 1.96. The third kappa shape index (κ3) is 5.08. The van der Waals surface area contributed by atoms with Crippen molar-refractivity contribution in [3.05, 3.63) is 59.7 Å². The van der Waals surface area contributed by atoms with Gasteiger partial charge in [0.2, 0.25) is 0 Å². The number of thioether (sulfide) groups is 1. The summed E-state index contributed by atoms with van der Waals surface area (Å²) < 4.78 is 5.14. The van der Waals surface area contributed by atoms with E-state index in [1.54, 1.807) is 18.9 Å². The Labute approximate surface area is 131 Å². The molecule has 0 heterocycles. The highest BCUT2D eigenvalue weighted by atomic mass is 35.5. The molecule has 0 unspecified atom stereocenters. The minimum atomic E-state index is 0. The summed E-state index contributed by atoms with van der Waals surface area (Å²) in [7, 11) is 1.69. The summed E-state index contributed by atoms with van der Waals surface area (Å²) >= 11 is 1.77. The molecule has 108 valence electrons. The second-order valence-corrected chi connectivity index (χ2v) is 5.18. The largest absolute Gasteiger partial charge is 0.497 e. The zero-order valence-corrected chi connectivity index (χ0v) is 13.4. The van der Waals surface area contributed by atoms with Crippen LogP contribution in [0.5, 0.6) is 5.75 Å². The molecule has 1 N–H and O–H groups in total. The van der Waals surface area contributed by atoms with Crippen molar-refractivity contribution >= 4 is 24.2 Å². The first-order chi connectivity index (χ1) is 9.31. The molecule has 0 saturated carbocycles. The van der Waals surface area contributed by atoms with Crippen molar-refractivity contribution in [2.45, 2.75) is 18.0 Å². The highest BCUT2D eigenvalue weighted by Crippen LogP contribution is 2.15. The van der Waals surface area contributed by atoms with Crippen molar-refractivity contribution < 1.29 is 4.74 Å². The maximum absolute atomic E-state index is 5.14. The van der Waals surface area contributed by atoms with Crippen LogP contribution in [-0.4, -0.2) is 13.4 Å². The maximum Gasteiger partial charge on any atom is 0.118 e. The number of rotatable bonds is 6. The van der Waals surface area contributed by atoms with Crippen LogP contribution in [0, 0.1) is 0 Å². The van der Waals surface area contributed by atoms with Gasteiger partial charge in [0.15, 0.2) is 0 Å². The summed E-state index contributed by atoms with van der Waals surface area (Å²) in [5, 5.41) is 3.45. The lowest BCUT2D eigenvalue weighted by atomic mass is 10.2. The number of ether oxygens (including phenoxy) is 1. The van der Waals surface area contributed by atoms with Gasteiger partial charge in [0.25, 0.3) is 0 Å². The van der Waals surface area contributed by atoms with E-state index in [4.69, 9.17) is 4.74 Å². The van der Waals surface area contributed by atoms with Gasteiger partial charge in [-0.1, -0.05) is 24.3 Å². The Morgan fingerprint density at radius 3 is 1.85 bits per heavy atom. The number of methoxy groups -OCH3 is 1. The van der Waals surface area contributed by atoms with Crippen LogP contribution in [0.3, 0.4) is 0 Å². The van der Waals surface area contributed by atoms with E-state index in [1.807, 2.05) is 12.1 Å². The first-order valence-corrected chi connectivity index (χ1v) is 7.51. The summed E-state index contributed by atoms with van der Waals surface area (Å²) in [6, 6.07) is 16.8. The van der Waals surface area contributed by atoms with Gasteiger partial charge in [0.05, 0.1) is 7.11 Å². The molecule has 0 amide bonds. The maximum atomic E-state index is 5.14. The van der Waals surface area contributed by atoms with E-state index < -0.39 is 0 Å². The number of hydrogen-bond acceptors (Lipinski definition) is 3. The first kappa shape index (κ1) is 16.9. The van der Waals surface area contributed by atoms with E-state index in [9.17, 15) is 0 Å². The fourth-order valence-electron chi connectivity index (χ4n) is 1.84. The molecule has 0 bridgehead atoms. The molecule has 2 nitrogen and oxygen atoms in total. The number of nitrogens with one attached hydrogen (secondary N) is 1. The fourth-order valence-corrected chi connectivity index (χ4v) is 2.25. The molecule has 0 aliphatic carbocycles. The van der Waals surface area contributed by atoms with Gasteiger partial charge >= 0.3 is 0 Å². The lowest BCUT2D eigenvalue weighted by Crippen LogP contribution is -2.12. The minimum absolute atomic E-state index is 0. The summed E-state index contributed by atoms with van der Waals surface area (Å²) in [6.07, 6.45) is 2.09. The van der Waals surface area contributed by atoms with Crippen molar-refractivity contribution in [1.29, 1.82) is 0 Å². The van der Waals surface area contributed by atoms with Gasteiger partial charge in [0.1, 0.15) is 5.75 Å². The molecule has 2 aromatic carbocycles. The zero-order chi connectivity index (χ0) is 13.5. The van der Waals surface area contributed by atoms with E-state index in [2.05, 4.69) is 48.0 Å². The Morgan fingerprint density at radius 2 is 1.40 bits per heavy atom. The molecule has 0 aliphatic rings. The number of halogens is 1. The second kappa shape index (κ2) is 8.90. The second-order valence-electron chi connectivity index (χ2n) is 4.30.